The summed E-state index contributed by atoms with van der Waals surface area (Å²) < 4.78 is 52.3. The molecule has 0 aliphatic carbocycles. The molecule has 0 spiro atoms. The third kappa shape index (κ3) is 8.67. The van der Waals surface area contributed by atoms with Gasteiger partial charge < -0.3 is 0 Å². The minimum absolute atomic E-state index is 0.0486. The molecular formula is C24H29AsClF4N3O2. The number of piperazine rings is 1. The monoisotopic (exact) mass is 577 g/mol. The van der Waals surface area contributed by atoms with Crippen LogP contribution in [0.15, 0.2) is 36.4 Å². The van der Waals surface area contributed by atoms with Crippen molar-refractivity contribution in [2.45, 2.75) is 36.0 Å². The van der Waals surface area contributed by atoms with Crippen LogP contribution in [0.2, 0.25) is 10.2 Å². The Morgan fingerprint density at radius 2 is 1.89 bits per heavy atom. The number of amides is 1. The minimum atomic E-state index is -4.19. The van der Waals surface area contributed by atoms with Crippen LogP contribution in [0.3, 0.4) is 0 Å². The van der Waals surface area contributed by atoms with Crippen molar-refractivity contribution in [2.75, 3.05) is 42.9 Å². The van der Waals surface area contributed by atoms with Crippen molar-refractivity contribution >= 4 is 44.6 Å². The maximum absolute atomic E-state index is 14.7. The topological polar surface area (TPSA) is 55.8 Å². The second-order valence-electron chi connectivity index (χ2n) is 8.60. The summed E-state index contributed by atoms with van der Waals surface area (Å²) in [4.78, 5) is 16.6. The van der Waals surface area contributed by atoms with Gasteiger partial charge in [-0.3, -0.25) is 4.90 Å². The number of halogens is 5. The first-order chi connectivity index (χ1) is 16.5. The first kappa shape index (κ1) is 27.8. The van der Waals surface area contributed by atoms with Gasteiger partial charge in [0.2, 0.25) is 0 Å². The summed E-state index contributed by atoms with van der Waals surface area (Å²) in [5.74, 6) is -1.21. The van der Waals surface area contributed by atoms with Crippen LogP contribution in [-0.4, -0.2) is 76.7 Å². The number of carbonyl (C=O) groups excluding carboxylic acids is 1. The van der Waals surface area contributed by atoms with Gasteiger partial charge in [-0.05, 0) is 0 Å². The summed E-state index contributed by atoms with van der Waals surface area (Å²) in [6.07, 6.45) is -5.39. The van der Waals surface area contributed by atoms with Crippen molar-refractivity contribution in [1.29, 1.82) is 0 Å². The number of benzene rings is 2. The van der Waals surface area contributed by atoms with Gasteiger partial charge >= 0.3 is 183 Å². The number of aliphatic hydroxyl groups excluding tert-OH is 1. The average molecular weight is 578 g/mol. The number of hydrogen-bond acceptors (Lipinski definition) is 4. The molecule has 2 aromatic carbocycles. The van der Waals surface area contributed by atoms with Gasteiger partial charge in [-0.25, -0.2) is 0 Å². The fraction of sp³-hybridized carbons (Fsp3) is 0.458. The molecule has 0 bridgehead atoms. The molecular weight excluding hydrogens is 549 g/mol. The molecule has 1 aliphatic rings. The molecule has 2 N–H and O–H groups in total. The van der Waals surface area contributed by atoms with Crippen molar-refractivity contribution in [2.24, 2.45) is 0 Å². The fourth-order valence-electron chi connectivity index (χ4n) is 3.84. The van der Waals surface area contributed by atoms with E-state index in [1.165, 1.54) is 12.1 Å². The van der Waals surface area contributed by atoms with Crippen LogP contribution in [-0.2, 0) is 5.21 Å². The van der Waals surface area contributed by atoms with Crippen LogP contribution < -0.4 is 10.2 Å². The van der Waals surface area contributed by atoms with E-state index in [1.807, 2.05) is 4.90 Å². The van der Waals surface area contributed by atoms with Crippen LogP contribution >= 0.6 is 11.6 Å². The van der Waals surface area contributed by atoms with E-state index in [9.17, 15) is 27.5 Å². The predicted octanol–water partition coefficient (Wildman–Crippen LogP) is 4.54. The molecule has 1 fully saturated rings. The molecule has 2 unspecified atom stereocenters. The Bertz CT molecular complexity index is 1010. The van der Waals surface area contributed by atoms with E-state index in [2.05, 4.69) is 5.32 Å². The molecule has 2 aromatic rings. The molecule has 0 radical (unpaired) electrons. The van der Waals surface area contributed by atoms with E-state index >= 15 is 0 Å². The zero-order chi connectivity index (χ0) is 25.6. The first-order valence-corrected chi connectivity index (χ1v) is 14.7. The number of hydrogen-bond donors (Lipinski definition) is 2. The van der Waals surface area contributed by atoms with E-state index in [1.54, 1.807) is 36.1 Å². The molecule has 2 atom stereocenters. The molecule has 35 heavy (non-hydrogen) atoms. The van der Waals surface area contributed by atoms with Gasteiger partial charge in [0.1, 0.15) is 0 Å². The van der Waals surface area contributed by atoms with E-state index in [0.717, 1.165) is 16.0 Å². The molecule has 192 valence electrons. The van der Waals surface area contributed by atoms with Crippen molar-refractivity contribution in [1.82, 2.24) is 4.90 Å². The molecule has 1 amide bonds. The number of alkyl halides is 3. The number of rotatable bonds is 9. The maximum atomic E-state index is 14.7. The fourth-order valence-corrected chi connectivity index (χ4v) is 6.25. The van der Waals surface area contributed by atoms with Gasteiger partial charge in [0.05, 0.1) is 6.42 Å². The summed E-state index contributed by atoms with van der Waals surface area (Å²) in [5.41, 5.74) is 1.81. The molecule has 3 rings (SSSR count). The number of anilines is 2. The second kappa shape index (κ2) is 12.4. The average Bonchev–Trinajstić information content (AvgIpc) is 2.78. The molecule has 11 heteroatoms. The third-order valence-electron chi connectivity index (χ3n) is 5.68. The number of nitrogens with zero attached hydrogens (tertiary/aromatic N) is 2. The molecule has 1 aliphatic heterocycles. The van der Waals surface area contributed by atoms with Crippen LogP contribution in [0.25, 0.3) is 0 Å². The molecule has 5 nitrogen and oxygen atoms in total. The third-order valence-corrected chi connectivity index (χ3v) is 9.14. The van der Waals surface area contributed by atoms with Crippen molar-refractivity contribution in [3.8, 4) is 0 Å². The van der Waals surface area contributed by atoms with E-state index < -0.39 is 40.1 Å². The van der Waals surface area contributed by atoms with E-state index in [4.69, 9.17) is 11.6 Å². The van der Waals surface area contributed by atoms with Crippen molar-refractivity contribution in [3.05, 3.63) is 58.4 Å². The first-order valence-electron chi connectivity index (χ1n) is 11.3. The Morgan fingerprint density at radius 1 is 1.17 bits per heavy atom. The van der Waals surface area contributed by atoms with E-state index in [-0.39, 0.29) is 18.2 Å². The van der Waals surface area contributed by atoms with Crippen molar-refractivity contribution in [3.63, 3.8) is 0 Å². The Labute approximate surface area is 214 Å². The van der Waals surface area contributed by atoms with Gasteiger partial charge in [-0.15, -0.1) is 0 Å². The summed E-state index contributed by atoms with van der Waals surface area (Å²) in [7, 11) is 0. The van der Waals surface area contributed by atoms with Gasteiger partial charge in [0.25, 0.3) is 0 Å². The Balaban J connectivity index is 1.66. The van der Waals surface area contributed by atoms with E-state index in [0.29, 0.717) is 42.6 Å². The van der Waals surface area contributed by atoms with Gasteiger partial charge in [-0.2, -0.15) is 13.2 Å². The van der Waals surface area contributed by atoms with Crippen LogP contribution in [0.4, 0.5) is 28.9 Å². The zero-order valence-electron chi connectivity index (χ0n) is 19.3. The summed E-state index contributed by atoms with van der Waals surface area (Å²) in [6, 6.07) is 9.50. The zero-order valence-corrected chi connectivity index (χ0v) is 22.2. The molecule has 1 saturated heterocycles. The van der Waals surface area contributed by atoms with Crippen LogP contribution in [0, 0.1) is 5.82 Å². The van der Waals surface area contributed by atoms with Gasteiger partial charge in [-0.1, -0.05) is 0 Å². The Hall–Kier alpha value is -1.80. The normalized spacial score (nSPS) is 16.1. The van der Waals surface area contributed by atoms with Crippen LogP contribution in [0.5, 0.6) is 0 Å². The predicted molar refractivity (Wildman–Crippen MR) is 132 cm³/mol. The standard InChI is InChI=1S/C24H29AsClF4N3O2/c1-16(34)14-25-15-17-2-4-19(20(27)12-17)23(35)31-21-5-3-18(26)13-22(21)33-10-8-32(9-11-33)7-6-24(28,29)30/h2-5,12-13,16,25,34H,6-11,14-15H2,1H3,(H,31,35). The van der Waals surface area contributed by atoms with Crippen molar-refractivity contribution < 1.29 is 27.5 Å². The number of aliphatic hydroxyl groups is 1. The molecule has 1 heterocycles. The molecule has 0 aromatic heterocycles. The van der Waals surface area contributed by atoms with Gasteiger partial charge in [0.15, 0.2) is 0 Å². The SMILES string of the molecule is CC(O)C[AsH]Cc1ccc(C(=O)Nc2ccc(Cl)cc2N2CCN(CCC(F)(F)F)CC2)c(F)c1. The Kier molecular flexibility index (Phi) is 9.87. The summed E-state index contributed by atoms with van der Waals surface area (Å²) >= 11 is 5.74. The quantitative estimate of drug-likeness (QED) is 0.340. The number of nitrogens with one attached hydrogen (secondary N) is 1. The summed E-state index contributed by atoms with van der Waals surface area (Å²) in [5, 5.41) is 14.1. The van der Waals surface area contributed by atoms with Crippen LogP contribution in [0.1, 0.15) is 29.3 Å². The molecule has 0 saturated carbocycles. The summed E-state index contributed by atoms with van der Waals surface area (Å²) in [6.45, 7) is 3.53. The van der Waals surface area contributed by atoms with Gasteiger partial charge in [0, 0.05) is 6.54 Å². The second-order valence-corrected chi connectivity index (χ2v) is 11.7. The number of carbonyl (C=O) groups is 1. The Morgan fingerprint density at radius 3 is 2.51 bits per heavy atom.